The van der Waals surface area contributed by atoms with E-state index in [1.165, 1.54) is 24.0 Å². The van der Waals surface area contributed by atoms with E-state index in [9.17, 15) is 4.79 Å². The molecule has 148 valence electrons. The van der Waals surface area contributed by atoms with Crippen LogP contribution in [0.25, 0.3) is 0 Å². The standard InChI is InChI=1S/C24H31N3O/c1-4-18-7-5-9-22(24(25)28)23(18)27-17(3)16(2)19-10-12-20(13-11-19)21-8-6-14-26-15-21/h4-5,7,9-13,16-17,21,26H,6,8,14-15H2,1-3H3,(H2,25,28)/b18-4-,27-23?/t16?,17?,21-/m1/s1. The van der Waals surface area contributed by atoms with Gasteiger partial charge in [0.1, 0.15) is 0 Å². The van der Waals surface area contributed by atoms with E-state index in [2.05, 4.69) is 43.4 Å². The highest BCUT2D eigenvalue weighted by atomic mass is 16.1. The summed E-state index contributed by atoms with van der Waals surface area (Å²) in [5.41, 5.74) is 10.4. The molecule has 4 heteroatoms. The van der Waals surface area contributed by atoms with Crippen LogP contribution in [0.3, 0.4) is 0 Å². The predicted molar refractivity (Wildman–Crippen MR) is 117 cm³/mol. The van der Waals surface area contributed by atoms with Crippen molar-refractivity contribution in [2.24, 2.45) is 10.7 Å². The lowest BCUT2D eigenvalue weighted by molar-refractivity contribution is -0.114. The van der Waals surface area contributed by atoms with E-state index in [1.54, 1.807) is 6.08 Å². The molecule has 2 aliphatic rings. The maximum absolute atomic E-state index is 11.8. The first-order valence-electron chi connectivity index (χ1n) is 10.2. The van der Waals surface area contributed by atoms with Crippen molar-refractivity contribution in [2.45, 2.75) is 51.5 Å². The summed E-state index contributed by atoms with van der Waals surface area (Å²) in [5.74, 6) is 0.419. The highest BCUT2D eigenvalue weighted by Crippen LogP contribution is 2.28. The molecule has 0 bridgehead atoms. The fourth-order valence-electron chi connectivity index (χ4n) is 3.94. The summed E-state index contributed by atoms with van der Waals surface area (Å²) in [5, 5.41) is 3.49. The van der Waals surface area contributed by atoms with E-state index in [1.807, 2.05) is 25.2 Å². The van der Waals surface area contributed by atoms with Crippen LogP contribution >= 0.6 is 0 Å². The lowest BCUT2D eigenvalue weighted by Gasteiger charge is -2.24. The number of carbonyl (C=O) groups is 1. The van der Waals surface area contributed by atoms with Gasteiger partial charge >= 0.3 is 0 Å². The highest BCUT2D eigenvalue weighted by Gasteiger charge is 2.22. The second kappa shape index (κ2) is 9.16. The van der Waals surface area contributed by atoms with Crippen LogP contribution in [0.2, 0.25) is 0 Å². The Balaban J connectivity index is 1.78. The van der Waals surface area contributed by atoms with E-state index in [4.69, 9.17) is 10.7 Å². The van der Waals surface area contributed by atoms with Crippen molar-refractivity contribution in [3.63, 3.8) is 0 Å². The van der Waals surface area contributed by atoms with Crippen LogP contribution in [-0.4, -0.2) is 30.8 Å². The number of aliphatic imine (C=N–C) groups is 1. The largest absolute Gasteiger partial charge is 0.366 e. The third-order valence-electron chi connectivity index (χ3n) is 5.93. The minimum Gasteiger partial charge on any atom is -0.366 e. The number of nitrogens with one attached hydrogen (secondary N) is 1. The van der Waals surface area contributed by atoms with Crippen LogP contribution in [0.4, 0.5) is 0 Å². The molecule has 0 saturated carbocycles. The van der Waals surface area contributed by atoms with Gasteiger partial charge in [0.15, 0.2) is 0 Å². The third kappa shape index (κ3) is 4.50. The number of hydrogen-bond donors (Lipinski definition) is 2. The molecule has 3 N–H and O–H groups in total. The second-order valence-electron chi connectivity index (χ2n) is 7.76. The van der Waals surface area contributed by atoms with Gasteiger partial charge in [-0.05, 0) is 61.9 Å². The van der Waals surface area contributed by atoms with Gasteiger partial charge in [-0.15, -0.1) is 0 Å². The quantitative estimate of drug-likeness (QED) is 0.814. The minimum atomic E-state index is -0.437. The van der Waals surface area contributed by atoms with Crippen LogP contribution < -0.4 is 11.1 Å². The molecule has 3 atom stereocenters. The van der Waals surface area contributed by atoms with Crippen LogP contribution in [-0.2, 0) is 4.79 Å². The molecule has 0 aromatic heterocycles. The van der Waals surface area contributed by atoms with Gasteiger partial charge in [0.2, 0.25) is 0 Å². The molecular weight excluding hydrogens is 346 g/mol. The number of hydrogen-bond acceptors (Lipinski definition) is 3. The fourth-order valence-corrected chi connectivity index (χ4v) is 3.94. The number of carbonyl (C=O) groups excluding carboxylic acids is 1. The molecule has 0 radical (unpaired) electrons. The van der Waals surface area contributed by atoms with Gasteiger partial charge < -0.3 is 11.1 Å². The molecule has 1 aromatic carbocycles. The Morgan fingerprint density at radius 2 is 2.04 bits per heavy atom. The van der Waals surface area contributed by atoms with Crippen LogP contribution in [0.5, 0.6) is 0 Å². The Hall–Kier alpha value is -2.46. The summed E-state index contributed by atoms with van der Waals surface area (Å²) < 4.78 is 0. The van der Waals surface area contributed by atoms with Crippen molar-refractivity contribution in [1.29, 1.82) is 0 Å². The summed E-state index contributed by atoms with van der Waals surface area (Å²) in [6, 6.07) is 9.01. The Morgan fingerprint density at radius 3 is 2.64 bits per heavy atom. The van der Waals surface area contributed by atoms with Gasteiger partial charge in [-0.2, -0.15) is 0 Å². The smallest absolute Gasteiger partial charge is 0.250 e. The molecule has 28 heavy (non-hydrogen) atoms. The first kappa shape index (κ1) is 20.3. The van der Waals surface area contributed by atoms with Gasteiger partial charge in [-0.3, -0.25) is 9.79 Å². The molecule has 1 amide bonds. The van der Waals surface area contributed by atoms with Crippen molar-refractivity contribution in [3.05, 3.63) is 70.8 Å². The molecule has 0 spiro atoms. The molecule has 3 rings (SSSR count). The molecule has 1 aliphatic heterocycles. The van der Waals surface area contributed by atoms with E-state index >= 15 is 0 Å². The first-order valence-corrected chi connectivity index (χ1v) is 10.2. The molecule has 1 aromatic rings. The number of nitrogens with two attached hydrogens (primary N) is 1. The summed E-state index contributed by atoms with van der Waals surface area (Å²) in [6.07, 6.45) is 10.0. The van der Waals surface area contributed by atoms with Crippen molar-refractivity contribution >= 4 is 11.6 Å². The monoisotopic (exact) mass is 377 g/mol. The number of allylic oxidation sites excluding steroid dienone is 5. The zero-order chi connectivity index (χ0) is 20.1. The lowest BCUT2D eigenvalue weighted by Crippen LogP contribution is -2.28. The van der Waals surface area contributed by atoms with Gasteiger partial charge in [0.25, 0.3) is 5.91 Å². The number of piperidine rings is 1. The van der Waals surface area contributed by atoms with Crippen molar-refractivity contribution in [1.82, 2.24) is 5.32 Å². The highest BCUT2D eigenvalue weighted by molar-refractivity contribution is 6.29. The summed E-state index contributed by atoms with van der Waals surface area (Å²) in [7, 11) is 0. The maximum atomic E-state index is 11.8. The van der Waals surface area contributed by atoms with E-state index < -0.39 is 5.91 Å². The van der Waals surface area contributed by atoms with Crippen LogP contribution in [0.1, 0.15) is 56.6 Å². The minimum absolute atomic E-state index is 0.0291. The maximum Gasteiger partial charge on any atom is 0.250 e. The molecule has 1 saturated heterocycles. The number of primary amides is 1. The molecule has 4 nitrogen and oxygen atoms in total. The lowest BCUT2D eigenvalue weighted by atomic mass is 9.88. The van der Waals surface area contributed by atoms with Crippen molar-refractivity contribution in [2.75, 3.05) is 13.1 Å². The first-order chi connectivity index (χ1) is 13.5. The molecular formula is C24H31N3O. The summed E-state index contributed by atoms with van der Waals surface area (Å²) in [4.78, 5) is 16.7. The van der Waals surface area contributed by atoms with Gasteiger partial charge in [-0.1, -0.05) is 49.4 Å². The second-order valence-corrected chi connectivity index (χ2v) is 7.76. The zero-order valence-electron chi connectivity index (χ0n) is 17.1. The van der Waals surface area contributed by atoms with Crippen molar-refractivity contribution in [3.8, 4) is 0 Å². The van der Waals surface area contributed by atoms with Gasteiger partial charge in [0, 0.05) is 12.5 Å². The normalized spacial score (nSPS) is 24.8. The topological polar surface area (TPSA) is 67.5 Å². The predicted octanol–water partition coefficient (Wildman–Crippen LogP) is 4.01. The average Bonchev–Trinajstić information content (AvgIpc) is 2.73. The Morgan fingerprint density at radius 1 is 1.29 bits per heavy atom. The number of nitrogens with zero attached hydrogens (tertiary/aromatic N) is 1. The number of rotatable bonds is 5. The SMILES string of the molecule is C/C=C1/C=CC=C(C(N)=O)C1=NC(C)C(C)c1ccc([C@@H]2CCCNC2)cc1. The fraction of sp³-hybridized carbons (Fsp3) is 0.417. The van der Waals surface area contributed by atoms with Crippen LogP contribution in [0.15, 0.2) is 64.7 Å². The Labute approximate surface area is 168 Å². The van der Waals surface area contributed by atoms with E-state index in [-0.39, 0.29) is 12.0 Å². The average molecular weight is 378 g/mol. The molecule has 1 aliphatic carbocycles. The van der Waals surface area contributed by atoms with E-state index in [0.29, 0.717) is 17.2 Å². The Kier molecular flexibility index (Phi) is 6.63. The van der Waals surface area contributed by atoms with Crippen molar-refractivity contribution < 1.29 is 4.79 Å². The summed E-state index contributed by atoms with van der Waals surface area (Å²) in [6.45, 7) is 8.44. The summed E-state index contributed by atoms with van der Waals surface area (Å²) >= 11 is 0. The van der Waals surface area contributed by atoms with E-state index in [0.717, 1.165) is 18.7 Å². The molecule has 1 heterocycles. The Bertz CT molecular complexity index is 824. The molecule has 1 fully saturated rings. The third-order valence-corrected chi connectivity index (χ3v) is 5.93. The zero-order valence-corrected chi connectivity index (χ0v) is 17.1. The molecule has 2 unspecified atom stereocenters. The van der Waals surface area contributed by atoms with Gasteiger partial charge in [0.05, 0.1) is 17.3 Å². The number of benzene rings is 1. The van der Waals surface area contributed by atoms with Gasteiger partial charge in [-0.25, -0.2) is 0 Å². The van der Waals surface area contributed by atoms with Crippen LogP contribution in [0, 0.1) is 0 Å². The number of amides is 1.